The van der Waals surface area contributed by atoms with Crippen molar-refractivity contribution in [3.63, 3.8) is 0 Å². The fourth-order valence-corrected chi connectivity index (χ4v) is 0.812. The third kappa shape index (κ3) is 4.49. The second-order valence-electron chi connectivity index (χ2n) is 4.26. The maximum atomic E-state index is 11.7. The topological polar surface area (TPSA) is 29.5 Å². The van der Waals surface area contributed by atoms with Crippen LogP contribution in [0.2, 0.25) is 0 Å². The van der Waals surface area contributed by atoms with Crippen LogP contribution < -0.4 is 0 Å². The number of nitrogens with zero attached hydrogens (tertiary/aromatic N) is 1. The summed E-state index contributed by atoms with van der Waals surface area (Å²) < 4.78 is 5.18. The number of amides is 1. The molecule has 84 valence electrons. The van der Waals surface area contributed by atoms with Crippen LogP contribution in [0.15, 0.2) is 37.2 Å². The van der Waals surface area contributed by atoms with Gasteiger partial charge in [-0.25, -0.2) is 4.79 Å². The first-order valence-electron chi connectivity index (χ1n) is 4.68. The van der Waals surface area contributed by atoms with Gasteiger partial charge < -0.3 is 4.74 Å². The van der Waals surface area contributed by atoms with E-state index in [2.05, 4.69) is 19.7 Å². The maximum Gasteiger partial charge on any atom is 0.418 e. The molecule has 0 aromatic carbocycles. The summed E-state index contributed by atoms with van der Waals surface area (Å²) in [6.45, 7) is 18.1. The van der Waals surface area contributed by atoms with Gasteiger partial charge in [-0.2, -0.15) is 0 Å². The van der Waals surface area contributed by atoms with E-state index in [1.54, 1.807) is 27.7 Å². The number of carbonyl (C=O) groups is 1. The Labute approximate surface area is 91.7 Å². The Hall–Kier alpha value is -1.51. The van der Waals surface area contributed by atoms with E-state index in [4.69, 9.17) is 4.74 Å². The molecule has 0 rings (SSSR count). The van der Waals surface area contributed by atoms with Gasteiger partial charge in [0.1, 0.15) is 5.60 Å². The van der Waals surface area contributed by atoms with Gasteiger partial charge in [-0.15, -0.1) is 0 Å². The zero-order chi connectivity index (χ0) is 12.2. The summed E-state index contributed by atoms with van der Waals surface area (Å²) in [5.41, 5.74) is 0.647. The van der Waals surface area contributed by atoms with E-state index < -0.39 is 11.7 Å². The largest absolute Gasteiger partial charge is 0.443 e. The summed E-state index contributed by atoms with van der Waals surface area (Å²) in [4.78, 5) is 12.9. The van der Waals surface area contributed by atoms with E-state index in [0.717, 1.165) is 0 Å². The number of hydrogen-bond acceptors (Lipinski definition) is 2. The third-order valence-electron chi connectivity index (χ3n) is 1.56. The average Bonchev–Trinajstić information content (AvgIpc) is 2.01. The van der Waals surface area contributed by atoms with Crippen molar-refractivity contribution >= 4 is 6.09 Å². The van der Waals surface area contributed by atoms with E-state index in [9.17, 15) is 4.79 Å². The summed E-state index contributed by atoms with van der Waals surface area (Å²) >= 11 is 0. The second kappa shape index (κ2) is 4.82. The number of ether oxygens (including phenoxy) is 1. The summed E-state index contributed by atoms with van der Waals surface area (Å²) in [6, 6.07) is 0. The lowest BCUT2D eigenvalue weighted by Crippen LogP contribution is -2.32. The minimum absolute atomic E-state index is 0.485. The van der Waals surface area contributed by atoms with Crippen molar-refractivity contribution in [2.75, 3.05) is 0 Å². The summed E-state index contributed by atoms with van der Waals surface area (Å²) in [7, 11) is 0. The molecule has 0 heterocycles. The van der Waals surface area contributed by atoms with E-state index in [-0.39, 0.29) is 0 Å². The zero-order valence-corrected chi connectivity index (χ0v) is 9.96. The molecule has 15 heavy (non-hydrogen) atoms. The van der Waals surface area contributed by atoms with Crippen molar-refractivity contribution < 1.29 is 9.53 Å². The van der Waals surface area contributed by atoms with E-state index in [1.165, 1.54) is 11.1 Å². The fourth-order valence-electron chi connectivity index (χ4n) is 0.812. The molecule has 3 nitrogen and oxygen atoms in total. The van der Waals surface area contributed by atoms with Crippen LogP contribution in [0.1, 0.15) is 27.7 Å². The van der Waals surface area contributed by atoms with Gasteiger partial charge in [0.15, 0.2) is 0 Å². The van der Waals surface area contributed by atoms with Crippen LogP contribution in [-0.2, 0) is 4.74 Å². The predicted molar refractivity (Wildman–Crippen MR) is 62.2 cm³/mol. The minimum Gasteiger partial charge on any atom is -0.443 e. The van der Waals surface area contributed by atoms with Gasteiger partial charge in [0, 0.05) is 11.9 Å². The molecule has 0 aromatic heterocycles. The van der Waals surface area contributed by atoms with Crippen molar-refractivity contribution in [1.29, 1.82) is 0 Å². The molecule has 3 heteroatoms. The number of rotatable bonds is 3. The first-order valence-corrected chi connectivity index (χ1v) is 4.68. The Balaban J connectivity index is 4.70. The molecule has 1 amide bonds. The predicted octanol–water partition coefficient (Wildman–Crippen LogP) is 3.46. The Morgan fingerprint density at radius 1 is 1.33 bits per heavy atom. The first-order chi connectivity index (χ1) is 6.69. The van der Waals surface area contributed by atoms with Gasteiger partial charge in [-0.1, -0.05) is 19.7 Å². The van der Waals surface area contributed by atoms with Crippen molar-refractivity contribution in [2.45, 2.75) is 33.3 Å². The molecule has 0 unspecified atom stereocenters. The highest BCUT2D eigenvalue weighted by Gasteiger charge is 2.22. The summed E-state index contributed by atoms with van der Waals surface area (Å²) in [6.07, 6.45) is 0.871. The molecular formula is C12H19NO2. The standard InChI is InChI=1S/C12H19NO2/c1-8-13(10(4)9(2)3)11(14)15-12(5,6)7/h8H,1-2,4H2,3,5-7H3. The van der Waals surface area contributed by atoms with Crippen molar-refractivity contribution in [2.24, 2.45) is 0 Å². The first kappa shape index (κ1) is 13.5. The van der Waals surface area contributed by atoms with Gasteiger partial charge >= 0.3 is 6.09 Å². The number of carbonyl (C=O) groups excluding carboxylic acids is 1. The SMILES string of the molecule is C=CN(C(=C)C(=C)C)C(=O)OC(C)(C)C. The van der Waals surface area contributed by atoms with Crippen LogP contribution >= 0.6 is 0 Å². The molecule has 0 saturated heterocycles. The molecule has 0 aliphatic rings. The van der Waals surface area contributed by atoms with E-state index >= 15 is 0 Å². The van der Waals surface area contributed by atoms with Gasteiger partial charge in [0.05, 0.1) is 0 Å². The lowest BCUT2D eigenvalue weighted by molar-refractivity contribution is 0.0387. The molecule has 0 bridgehead atoms. The van der Waals surface area contributed by atoms with Crippen molar-refractivity contribution in [3.05, 3.63) is 37.2 Å². The Morgan fingerprint density at radius 3 is 2.07 bits per heavy atom. The van der Waals surface area contributed by atoms with Crippen LogP contribution in [0.25, 0.3) is 0 Å². The zero-order valence-electron chi connectivity index (χ0n) is 9.96. The average molecular weight is 209 g/mol. The molecule has 0 radical (unpaired) electrons. The maximum absolute atomic E-state index is 11.7. The highest BCUT2D eigenvalue weighted by Crippen LogP contribution is 2.16. The Kier molecular flexibility index (Phi) is 4.34. The quantitative estimate of drug-likeness (QED) is 0.666. The lowest BCUT2D eigenvalue weighted by atomic mass is 10.2. The van der Waals surface area contributed by atoms with Gasteiger partial charge in [-0.3, -0.25) is 4.90 Å². The third-order valence-corrected chi connectivity index (χ3v) is 1.56. The molecule has 0 N–H and O–H groups in total. The smallest absolute Gasteiger partial charge is 0.418 e. The van der Waals surface area contributed by atoms with Crippen LogP contribution in [0.4, 0.5) is 4.79 Å². The normalized spacial score (nSPS) is 10.4. The monoisotopic (exact) mass is 209 g/mol. The van der Waals surface area contributed by atoms with Gasteiger partial charge in [-0.05, 0) is 33.3 Å². The molecular weight excluding hydrogens is 190 g/mol. The van der Waals surface area contributed by atoms with Crippen molar-refractivity contribution in [1.82, 2.24) is 4.90 Å². The molecule has 0 atom stereocenters. The lowest BCUT2D eigenvalue weighted by Gasteiger charge is -2.26. The fraction of sp³-hybridized carbons (Fsp3) is 0.417. The molecule has 0 aliphatic carbocycles. The van der Waals surface area contributed by atoms with Gasteiger partial charge in [0.2, 0.25) is 0 Å². The summed E-state index contributed by atoms with van der Waals surface area (Å²) in [5, 5.41) is 0. The molecule has 0 spiro atoms. The Bertz CT molecular complexity index is 297. The highest BCUT2D eigenvalue weighted by atomic mass is 16.6. The van der Waals surface area contributed by atoms with Crippen molar-refractivity contribution in [3.8, 4) is 0 Å². The van der Waals surface area contributed by atoms with Crippen LogP contribution in [0, 0.1) is 0 Å². The van der Waals surface area contributed by atoms with E-state index in [0.29, 0.717) is 11.3 Å². The molecule has 0 saturated carbocycles. The Morgan fingerprint density at radius 2 is 1.80 bits per heavy atom. The second-order valence-corrected chi connectivity index (χ2v) is 4.26. The highest BCUT2D eigenvalue weighted by molar-refractivity contribution is 5.72. The van der Waals surface area contributed by atoms with Crippen LogP contribution in [0.5, 0.6) is 0 Å². The van der Waals surface area contributed by atoms with E-state index in [1.807, 2.05) is 0 Å². The number of allylic oxidation sites excluding steroid dienone is 1. The number of hydrogen-bond donors (Lipinski definition) is 0. The van der Waals surface area contributed by atoms with Crippen LogP contribution in [-0.4, -0.2) is 16.6 Å². The van der Waals surface area contributed by atoms with Crippen LogP contribution in [0.3, 0.4) is 0 Å². The summed E-state index contributed by atoms with van der Waals surface area (Å²) in [5.74, 6) is 0. The molecule has 0 aliphatic heterocycles. The van der Waals surface area contributed by atoms with Gasteiger partial charge in [0.25, 0.3) is 0 Å². The minimum atomic E-state index is -0.534. The molecule has 0 fully saturated rings. The molecule has 0 aromatic rings.